The minimum atomic E-state index is -0.132. The van der Waals surface area contributed by atoms with Gasteiger partial charge in [-0.2, -0.15) is 5.26 Å². The summed E-state index contributed by atoms with van der Waals surface area (Å²) in [7, 11) is 1.75. The van der Waals surface area contributed by atoms with Gasteiger partial charge in [0.2, 0.25) is 12.2 Å². The summed E-state index contributed by atoms with van der Waals surface area (Å²) in [6.45, 7) is 0.565. The van der Waals surface area contributed by atoms with Crippen LogP contribution in [0.3, 0.4) is 0 Å². The van der Waals surface area contributed by atoms with Crippen molar-refractivity contribution in [2.24, 2.45) is 4.99 Å². The minimum absolute atomic E-state index is 0.102. The first-order chi connectivity index (χ1) is 14.6. The van der Waals surface area contributed by atoms with Gasteiger partial charge in [0.25, 0.3) is 5.91 Å². The minimum Gasteiger partial charge on any atom is -0.359 e. The number of hydrogen-bond acceptors (Lipinski definition) is 4. The van der Waals surface area contributed by atoms with E-state index in [9.17, 15) is 4.79 Å². The number of thiol groups is 1. The summed E-state index contributed by atoms with van der Waals surface area (Å²) >= 11 is 4.41. The van der Waals surface area contributed by atoms with E-state index in [0.717, 1.165) is 25.7 Å². The van der Waals surface area contributed by atoms with Gasteiger partial charge in [-0.3, -0.25) is 4.79 Å². The summed E-state index contributed by atoms with van der Waals surface area (Å²) < 4.78 is 0. The van der Waals surface area contributed by atoms with E-state index in [1.54, 1.807) is 13.1 Å². The zero-order valence-corrected chi connectivity index (χ0v) is 18.0. The van der Waals surface area contributed by atoms with E-state index < -0.39 is 0 Å². The molecule has 1 aliphatic carbocycles. The standard InChI is InChI=1S/C23H27N5OS/c1-25-22(27-16-24)28-18-11-13-23(14-12-18,17-7-3-2-4-8-17)15-26-21(29)19-9-5-6-10-20(19)30/h2-10,18,30H,11-15H2,1H3,(H,26,29)(H2,25,27,28)/t18-,23-. The van der Waals surface area contributed by atoms with E-state index in [-0.39, 0.29) is 17.4 Å². The molecule has 0 aromatic heterocycles. The molecule has 0 atom stereocenters. The van der Waals surface area contributed by atoms with Crippen LogP contribution in [0.1, 0.15) is 41.6 Å². The molecule has 7 heteroatoms. The van der Waals surface area contributed by atoms with E-state index in [1.807, 2.05) is 42.6 Å². The quantitative estimate of drug-likeness (QED) is 0.258. The summed E-state index contributed by atoms with van der Waals surface area (Å²) in [5.41, 5.74) is 1.69. The van der Waals surface area contributed by atoms with Crippen LogP contribution >= 0.6 is 12.6 Å². The third-order valence-electron chi connectivity index (χ3n) is 5.80. The number of nitriles is 1. The summed E-state index contributed by atoms with van der Waals surface area (Å²) in [4.78, 5) is 17.2. The first kappa shape index (κ1) is 21.7. The lowest BCUT2D eigenvalue weighted by molar-refractivity contribution is 0.0932. The van der Waals surface area contributed by atoms with E-state index in [1.165, 1.54) is 5.56 Å². The van der Waals surface area contributed by atoms with Gasteiger partial charge in [0.05, 0.1) is 5.56 Å². The molecular weight excluding hydrogens is 394 g/mol. The van der Waals surface area contributed by atoms with Crippen molar-refractivity contribution >= 4 is 24.5 Å². The van der Waals surface area contributed by atoms with Crippen LogP contribution < -0.4 is 16.0 Å². The van der Waals surface area contributed by atoms with Gasteiger partial charge in [-0.25, -0.2) is 0 Å². The Kier molecular flexibility index (Phi) is 7.36. The Morgan fingerprint density at radius 1 is 1.17 bits per heavy atom. The maximum absolute atomic E-state index is 12.8. The van der Waals surface area contributed by atoms with Gasteiger partial charge in [-0.05, 0) is 43.4 Å². The Morgan fingerprint density at radius 3 is 2.47 bits per heavy atom. The number of nitrogens with one attached hydrogen (secondary N) is 3. The molecule has 3 rings (SSSR count). The lowest BCUT2D eigenvalue weighted by Crippen LogP contribution is -2.49. The lowest BCUT2D eigenvalue weighted by Gasteiger charge is -2.41. The van der Waals surface area contributed by atoms with Gasteiger partial charge >= 0.3 is 0 Å². The summed E-state index contributed by atoms with van der Waals surface area (Å²) in [5, 5.41) is 18.2. The number of amides is 1. The van der Waals surface area contributed by atoms with Crippen LogP contribution in [-0.4, -0.2) is 31.5 Å². The van der Waals surface area contributed by atoms with Crippen molar-refractivity contribution in [2.45, 2.75) is 42.0 Å². The predicted octanol–water partition coefficient (Wildman–Crippen LogP) is 3.23. The van der Waals surface area contributed by atoms with Crippen molar-refractivity contribution in [1.29, 1.82) is 5.26 Å². The average molecular weight is 422 g/mol. The van der Waals surface area contributed by atoms with Crippen LogP contribution in [-0.2, 0) is 5.41 Å². The van der Waals surface area contributed by atoms with Gasteiger partial charge < -0.3 is 16.0 Å². The van der Waals surface area contributed by atoms with Crippen LogP contribution in [0, 0.1) is 11.5 Å². The van der Waals surface area contributed by atoms with Crippen molar-refractivity contribution in [3.05, 3.63) is 65.7 Å². The number of carbonyl (C=O) groups excluding carboxylic acids is 1. The monoisotopic (exact) mass is 421 g/mol. The summed E-state index contributed by atoms with van der Waals surface area (Å²) in [5.74, 6) is 0.392. The highest BCUT2D eigenvalue weighted by atomic mass is 32.1. The van der Waals surface area contributed by atoms with Crippen molar-refractivity contribution in [2.75, 3.05) is 13.6 Å². The molecule has 3 N–H and O–H groups in total. The number of rotatable bonds is 5. The average Bonchev–Trinajstić information content (AvgIpc) is 2.79. The second-order valence-electron chi connectivity index (χ2n) is 7.58. The van der Waals surface area contributed by atoms with Crippen LogP contribution in [0.25, 0.3) is 0 Å². The second-order valence-corrected chi connectivity index (χ2v) is 8.06. The Hall–Kier alpha value is -2.98. The highest BCUT2D eigenvalue weighted by Gasteiger charge is 2.37. The molecule has 156 valence electrons. The normalized spacial score (nSPS) is 21.4. The number of carbonyl (C=O) groups is 1. The smallest absolute Gasteiger partial charge is 0.252 e. The molecule has 0 bridgehead atoms. The van der Waals surface area contributed by atoms with Gasteiger partial charge in [0.15, 0.2) is 0 Å². The molecule has 2 aromatic carbocycles. The second kappa shape index (κ2) is 10.2. The van der Waals surface area contributed by atoms with Crippen molar-refractivity contribution < 1.29 is 4.79 Å². The highest BCUT2D eigenvalue weighted by Crippen LogP contribution is 2.39. The van der Waals surface area contributed by atoms with Crippen molar-refractivity contribution in [1.82, 2.24) is 16.0 Å². The van der Waals surface area contributed by atoms with Gasteiger partial charge in [0.1, 0.15) is 0 Å². The number of nitrogens with zero attached hydrogens (tertiary/aromatic N) is 2. The molecule has 0 unspecified atom stereocenters. The maximum atomic E-state index is 12.8. The molecule has 1 fully saturated rings. The van der Waals surface area contributed by atoms with Gasteiger partial charge in [-0.15, -0.1) is 17.6 Å². The van der Waals surface area contributed by atoms with Crippen LogP contribution in [0.4, 0.5) is 0 Å². The molecule has 0 radical (unpaired) electrons. The molecule has 6 nitrogen and oxygen atoms in total. The topological polar surface area (TPSA) is 89.3 Å². The fraction of sp³-hybridized carbons (Fsp3) is 0.348. The van der Waals surface area contributed by atoms with E-state index in [0.29, 0.717) is 23.0 Å². The molecule has 0 saturated heterocycles. The largest absolute Gasteiger partial charge is 0.359 e. The third-order valence-corrected chi connectivity index (χ3v) is 6.19. The highest BCUT2D eigenvalue weighted by molar-refractivity contribution is 7.80. The Labute approximate surface area is 183 Å². The molecule has 0 spiro atoms. The molecule has 0 aliphatic heterocycles. The molecule has 30 heavy (non-hydrogen) atoms. The maximum Gasteiger partial charge on any atom is 0.252 e. The van der Waals surface area contributed by atoms with Crippen LogP contribution in [0.5, 0.6) is 0 Å². The van der Waals surface area contributed by atoms with Crippen LogP contribution in [0.2, 0.25) is 0 Å². The summed E-state index contributed by atoms with van der Waals surface area (Å²) in [6.07, 6.45) is 5.48. The molecule has 0 heterocycles. The first-order valence-electron chi connectivity index (χ1n) is 10.1. The number of hydrogen-bond donors (Lipinski definition) is 4. The molecular formula is C23H27N5OS. The molecule has 1 saturated carbocycles. The fourth-order valence-corrected chi connectivity index (χ4v) is 4.35. The van der Waals surface area contributed by atoms with Gasteiger partial charge in [-0.1, -0.05) is 42.5 Å². The summed E-state index contributed by atoms with van der Waals surface area (Å²) in [6, 6.07) is 18.0. The number of guanidine groups is 1. The Morgan fingerprint density at radius 2 is 1.83 bits per heavy atom. The molecule has 2 aromatic rings. The van der Waals surface area contributed by atoms with Crippen molar-refractivity contribution in [3.8, 4) is 6.19 Å². The van der Waals surface area contributed by atoms with E-state index in [2.05, 4.69) is 45.7 Å². The zero-order valence-electron chi connectivity index (χ0n) is 17.1. The van der Waals surface area contributed by atoms with Crippen molar-refractivity contribution in [3.63, 3.8) is 0 Å². The molecule has 1 amide bonds. The Balaban J connectivity index is 1.73. The fourth-order valence-electron chi connectivity index (χ4n) is 4.09. The lowest BCUT2D eigenvalue weighted by atomic mass is 9.68. The van der Waals surface area contributed by atoms with E-state index in [4.69, 9.17) is 5.26 Å². The predicted molar refractivity (Wildman–Crippen MR) is 122 cm³/mol. The molecule has 1 aliphatic rings. The first-order valence-corrected chi connectivity index (χ1v) is 10.6. The van der Waals surface area contributed by atoms with Gasteiger partial charge in [0, 0.05) is 29.9 Å². The van der Waals surface area contributed by atoms with E-state index >= 15 is 0 Å². The zero-order chi connectivity index (χ0) is 21.4. The number of aliphatic imine (C=N–C) groups is 1. The number of benzene rings is 2. The van der Waals surface area contributed by atoms with Crippen LogP contribution in [0.15, 0.2) is 64.5 Å². The third kappa shape index (κ3) is 5.14. The SMILES string of the molecule is CN/C(=N\C#N)N[C@H]1CC[C@](CNC(=O)c2ccccc2S)(c2ccccc2)CC1. The Bertz CT molecular complexity index is 930.